The molecule has 4 aromatic rings. The average Bonchev–Trinajstić information content (AvgIpc) is 3.06. The molecular formula is C23H21N5O3. The van der Waals surface area contributed by atoms with E-state index in [1.165, 1.54) is 28.8 Å². The molecule has 156 valence electrons. The van der Waals surface area contributed by atoms with E-state index in [4.69, 9.17) is 0 Å². The summed E-state index contributed by atoms with van der Waals surface area (Å²) in [7, 11) is 4.04. The highest BCUT2D eigenvalue weighted by Crippen LogP contribution is 2.31. The number of aryl methyl sites for hydroxylation is 1. The van der Waals surface area contributed by atoms with Crippen molar-refractivity contribution in [3.8, 4) is 11.8 Å². The van der Waals surface area contributed by atoms with Gasteiger partial charge in [0.15, 0.2) is 0 Å². The van der Waals surface area contributed by atoms with Crippen molar-refractivity contribution >= 4 is 27.6 Å². The molecule has 8 nitrogen and oxygen atoms in total. The molecule has 0 aliphatic rings. The number of rotatable bonds is 6. The fourth-order valence-corrected chi connectivity index (χ4v) is 3.94. The minimum absolute atomic E-state index is 0.0301. The lowest BCUT2D eigenvalue weighted by Gasteiger charge is -2.13. The van der Waals surface area contributed by atoms with Crippen molar-refractivity contribution in [1.82, 2.24) is 14.0 Å². The number of benzene rings is 2. The highest BCUT2D eigenvalue weighted by molar-refractivity contribution is 6.07. The van der Waals surface area contributed by atoms with Gasteiger partial charge in [0.1, 0.15) is 11.6 Å². The summed E-state index contributed by atoms with van der Waals surface area (Å²) in [5, 5.41) is 21.5. The van der Waals surface area contributed by atoms with Gasteiger partial charge in [-0.05, 0) is 51.3 Å². The molecule has 0 N–H and O–H groups in total. The number of nitrogens with zero attached hydrogens (tertiary/aromatic N) is 5. The van der Waals surface area contributed by atoms with E-state index < -0.39 is 10.5 Å². The maximum Gasteiger partial charge on any atom is 0.273 e. The molecule has 0 fully saturated rings. The molecule has 31 heavy (non-hydrogen) atoms. The third-order valence-corrected chi connectivity index (χ3v) is 5.35. The first-order valence-electron chi connectivity index (χ1n) is 9.89. The molecule has 0 radical (unpaired) electrons. The molecule has 2 aromatic heterocycles. The Kier molecular flexibility index (Phi) is 5.28. The van der Waals surface area contributed by atoms with Gasteiger partial charge in [-0.3, -0.25) is 19.5 Å². The smallest absolute Gasteiger partial charge is 0.273 e. The minimum atomic E-state index is -0.482. The van der Waals surface area contributed by atoms with Gasteiger partial charge in [-0.1, -0.05) is 18.2 Å². The van der Waals surface area contributed by atoms with E-state index in [9.17, 15) is 20.2 Å². The highest BCUT2D eigenvalue weighted by Gasteiger charge is 2.19. The van der Waals surface area contributed by atoms with Crippen molar-refractivity contribution in [3.63, 3.8) is 0 Å². The van der Waals surface area contributed by atoms with Crippen LogP contribution in [0.5, 0.6) is 0 Å². The number of aromatic nitrogens is 2. The van der Waals surface area contributed by atoms with Crippen LogP contribution in [0.1, 0.15) is 12.0 Å². The Morgan fingerprint density at radius 2 is 1.81 bits per heavy atom. The average molecular weight is 415 g/mol. The van der Waals surface area contributed by atoms with Gasteiger partial charge in [0.2, 0.25) is 0 Å². The van der Waals surface area contributed by atoms with Crippen LogP contribution < -0.4 is 5.56 Å². The molecule has 4 rings (SSSR count). The van der Waals surface area contributed by atoms with Crippen LogP contribution in [0.4, 0.5) is 5.69 Å². The van der Waals surface area contributed by atoms with Gasteiger partial charge in [-0.15, -0.1) is 0 Å². The molecule has 0 atom stereocenters. The Labute approximate surface area is 178 Å². The van der Waals surface area contributed by atoms with Crippen molar-refractivity contribution in [2.45, 2.75) is 13.0 Å². The van der Waals surface area contributed by atoms with Gasteiger partial charge in [-0.2, -0.15) is 5.26 Å². The summed E-state index contributed by atoms with van der Waals surface area (Å²) in [5.74, 6) is 0. The number of para-hydroxylation sites is 1. The lowest BCUT2D eigenvalue weighted by Crippen LogP contribution is -2.21. The molecule has 0 bridgehead atoms. The maximum atomic E-state index is 13.2. The first-order valence-corrected chi connectivity index (χ1v) is 9.89. The van der Waals surface area contributed by atoms with Crippen molar-refractivity contribution in [3.05, 3.63) is 80.6 Å². The zero-order valence-corrected chi connectivity index (χ0v) is 17.3. The van der Waals surface area contributed by atoms with E-state index in [0.717, 1.165) is 35.9 Å². The summed E-state index contributed by atoms with van der Waals surface area (Å²) in [4.78, 5) is 25.9. The molecular weight excluding hydrogens is 394 g/mol. The van der Waals surface area contributed by atoms with Crippen molar-refractivity contribution < 1.29 is 4.92 Å². The maximum absolute atomic E-state index is 13.2. The summed E-state index contributed by atoms with van der Waals surface area (Å²) >= 11 is 0. The van der Waals surface area contributed by atoms with Gasteiger partial charge in [0.05, 0.1) is 21.5 Å². The number of nitro groups is 1. The first-order chi connectivity index (χ1) is 14.9. The van der Waals surface area contributed by atoms with Crippen molar-refractivity contribution in [1.29, 1.82) is 5.26 Å². The number of hydrogen-bond acceptors (Lipinski definition) is 5. The molecule has 0 aliphatic carbocycles. The SMILES string of the molecule is CN(C)CCCn1c2ccccc2c2c1cc(C#N)c(=O)n2-c1ccc([N+](=O)[O-])cc1. The largest absolute Gasteiger partial charge is 0.339 e. The second-order valence-electron chi connectivity index (χ2n) is 7.64. The fraction of sp³-hybridized carbons (Fsp3) is 0.217. The van der Waals surface area contributed by atoms with E-state index in [0.29, 0.717) is 11.2 Å². The molecule has 0 amide bonds. The molecule has 0 spiro atoms. The van der Waals surface area contributed by atoms with Crippen LogP contribution in [0.25, 0.3) is 27.6 Å². The fourth-order valence-electron chi connectivity index (χ4n) is 3.94. The third kappa shape index (κ3) is 3.56. The Hall–Kier alpha value is -3.96. The second-order valence-corrected chi connectivity index (χ2v) is 7.64. The number of nitriles is 1. The molecule has 0 unspecified atom stereocenters. The molecule has 8 heteroatoms. The molecule has 0 aliphatic heterocycles. The van der Waals surface area contributed by atoms with Crippen LogP contribution >= 0.6 is 0 Å². The van der Waals surface area contributed by atoms with Gasteiger partial charge < -0.3 is 9.47 Å². The number of fused-ring (bicyclic) bond motifs is 3. The zero-order chi connectivity index (χ0) is 22.1. The number of hydrogen-bond donors (Lipinski definition) is 0. The minimum Gasteiger partial charge on any atom is -0.339 e. The standard InChI is InChI=1S/C23H21N5O3/c1-25(2)12-5-13-26-20-7-4-3-6-19(20)22-21(26)14-16(15-24)23(29)27(22)17-8-10-18(11-9-17)28(30)31/h3-4,6-11,14H,5,12-13H2,1-2H3. The lowest BCUT2D eigenvalue weighted by atomic mass is 10.2. The Morgan fingerprint density at radius 1 is 1.10 bits per heavy atom. The summed E-state index contributed by atoms with van der Waals surface area (Å²) in [5.41, 5.74) is 2.46. The Balaban J connectivity index is 2.04. The molecule has 0 saturated heterocycles. The summed E-state index contributed by atoms with van der Waals surface area (Å²) in [6, 6.07) is 17.3. The normalized spacial score (nSPS) is 11.3. The Bertz CT molecular complexity index is 1390. The second kappa shape index (κ2) is 8.05. The number of nitro benzene ring substituents is 1. The van der Waals surface area contributed by atoms with Crippen LogP contribution in [0.2, 0.25) is 0 Å². The molecule has 2 heterocycles. The third-order valence-electron chi connectivity index (χ3n) is 5.35. The van der Waals surface area contributed by atoms with Crippen LogP contribution in [-0.2, 0) is 6.54 Å². The predicted octanol–water partition coefficient (Wildman–Crippen LogP) is 3.68. The topological polar surface area (TPSA) is 97.1 Å². The Morgan fingerprint density at radius 3 is 2.45 bits per heavy atom. The molecule has 0 saturated carbocycles. The van der Waals surface area contributed by atoms with E-state index >= 15 is 0 Å². The van der Waals surface area contributed by atoms with Crippen LogP contribution in [0, 0.1) is 21.4 Å². The van der Waals surface area contributed by atoms with Crippen LogP contribution in [0.15, 0.2) is 59.4 Å². The van der Waals surface area contributed by atoms with Crippen molar-refractivity contribution in [2.75, 3.05) is 20.6 Å². The highest BCUT2D eigenvalue weighted by atomic mass is 16.6. The lowest BCUT2D eigenvalue weighted by molar-refractivity contribution is -0.384. The first kappa shape index (κ1) is 20.3. The van der Waals surface area contributed by atoms with Gasteiger partial charge in [0.25, 0.3) is 11.2 Å². The summed E-state index contributed by atoms with van der Waals surface area (Å²) in [6.45, 7) is 1.63. The van der Waals surface area contributed by atoms with E-state index in [1.54, 1.807) is 6.07 Å². The summed E-state index contributed by atoms with van der Waals surface area (Å²) in [6.07, 6.45) is 0.902. The zero-order valence-electron chi connectivity index (χ0n) is 17.3. The quantitative estimate of drug-likeness (QED) is 0.353. The van der Waals surface area contributed by atoms with Crippen molar-refractivity contribution in [2.24, 2.45) is 0 Å². The number of pyridine rings is 1. The van der Waals surface area contributed by atoms with Gasteiger partial charge in [-0.25, -0.2) is 0 Å². The predicted molar refractivity (Wildman–Crippen MR) is 120 cm³/mol. The van der Waals surface area contributed by atoms with E-state index in [-0.39, 0.29) is 11.3 Å². The van der Waals surface area contributed by atoms with E-state index in [1.807, 2.05) is 44.4 Å². The van der Waals surface area contributed by atoms with Crippen LogP contribution in [0.3, 0.4) is 0 Å². The van der Waals surface area contributed by atoms with Crippen LogP contribution in [-0.4, -0.2) is 39.6 Å². The monoisotopic (exact) mass is 415 g/mol. The van der Waals surface area contributed by atoms with Gasteiger partial charge in [0, 0.05) is 29.8 Å². The summed E-state index contributed by atoms with van der Waals surface area (Å²) < 4.78 is 3.62. The molecule has 2 aromatic carbocycles. The number of non-ortho nitro benzene ring substituents is 1. The van der Waals surface area contributed by atoms with Gasteiger partial charge >= 0.3 is 0 Å². The van der Waals surface area contributed by atoms with E-state index in [2.05, 4.69) is 9.47 Å².